The molecule has 0 amide bonds. The highest BCUT2D eigenvalue weighted by molar-refractivity contribution is 5.81. The van der Waals surface area contributed by atoms with Crippen molar-refractivity contribution < 1.29 is 0 Å². The Morgan fingerprint density at radius 2 is 1.92 bits per heavy atom. The molecule has 36 heavy (non-hydrogen) atoms. The minimum absolute atomic E-state index is 0.0212. The van der Waals surface area contributed by atoms with Gasteiger partial charge in [0.05, 0.1) is 17.6 Å². The van der Waals surface area contributed by atoms with Crippen LogP contribution in [0.2, 0.25) is 0 Å². The highest BCUT2D eigenvalue weighted by Crippen LogP contribution is 2.33. The van der Waals surface area contributed by atoms with Crippen LogP contribution >= 0.6 is 0 Å². The molecule has 1 saturated carbocycles. The van der Waals surface area contributed by atoms with Gasteiger partial charge in [-0.15, -0.1) is 5.10 Å². The van der Waals surface area contributed by atoms with Crippen molar-refractivity contribution in [2.45, 2.75) is 77.4 Å². The number of pyridine rings is 1. The third kappa shape index (κ3) is 5.26. The zero-order valence-corrected chi connectivity index (χ0v) is 21.4. The summed E-state index contributed by atoms with van der Waals surface area (Å²) in [5.41, 5.74) is 4.04. The van der Waals surface area contributed by atoms with Gasteiger partial charge < -0.3 is 4.98 Å². The largest absolute Gasteiger partial charge is 0.321 e. The number of nitrogens with one attached hydrogen (secondary N) is 1. The summed E-state index contributed by atoms with van der Waals surface area (Å²) in [5, 5.41) is 14.2. The van der Waals surface area contributed by atoms with Crippen LogP contribution in [0.5, 0.6) is 0 Å². The van der Waals surface area contributed by atoms with Gasteiger partial charge in [0.1, 0.15) is 0 Å². The summed E-state index contributed by atoms with van der Waals surface area (Å²) in [4.78, 5) is 18.8. The molecule has 7 heteroatoms. The monoisotopic (exact) mass is 484 g/mol. The third-order valence-electron chi connectivity index (χ3n) is 7.56. The normalized spacial score (nSPS) is 15.2. The molecule has 4 aromatic rings. The Morgan fingerprint density at radius 1 is 1.11 bits per heavy atom. The lowest BCUT2D eigenvalue weighted by atomic mass is 10.0. The maximum atomic E-state index is 13.2. The molecule has 188 valence electrons. The molecule has 7 nitrogen and oxygen atoms in total. The maximum Gasteiger partial charge on any atom is 0.252 e. The fourth-order valence-electron chi connectivity index (χ4n) is 5.60. The summed E-state index contributed by atoms with van der Waals surface area (Å²) in [6.07, 6.45) is 7.56. The van der Waals surface area contributed by atoms with E-state index in [2.05, 4.69) is 73.4 Å². The Balaban J connectivity index is 1.51. The molecule has 0 spiro atoms. The zero-order valence-electron chi connectivity index (χ0n) is 21.4. The topological polar surface area (TPSA) is 79.7 Å². The van der Waals surface area contributed by atoms with Gasteiger partial charge in [-0.1, -0.05) is 74.7 Å². The average Bonchev–Trinajstić information content (AvgIpc) is 3.59. The molecule has 1 fully saturated rings. The average molecular weight is 485 g/mol. The lowest BCUT2D eigenvalue weighted by Crippen LogP contribution is -2.35. The van der Waals surface area contributed by atoms with E-state index in [-0.39, 0.29) is 11.6 Å². The van der Waals surface area contributed by atoms with Gasteiger partial charge in [0.15, 0.2) is 5.82 Å². The van der Waals surface area contributed by atoms with E-state index in [0.29, 0.717) is 12.6 Å². The Hall–Kier alpha value is -3.32. The second-order valence-corrected chi connectivity index (χ2v) is 10.1. The second-order valence-electron chi connectivity index (χ2n) is 10.1. The summed E-state index contributed by atoms with van der Waals surface area (Å²) in [6.45, 7) is 5.60. The summed E-state index contributed by atoms with van der Waals surface area (Å²) >= 11 is 0. The standard InChI is InChI=1S/C29H36N6O/c1-3-10-26(28-31-32-33-35(28)25-15-7-8-16-25)34(18-17-22-12-5-4-6-13-22)20-24-19-23-14-9-11-21(2)27(23)30-29(24)36/h4-6,9,11-14,19,25-26H,3,7-8,10,15-18,20H2,1-2H3,(H,30,36)/t26-/m0/s1. The Bertz CT molecular complexity index is 1340. The second kappa shape index (κ2) is 11.2. The number of hydrogen-bond donors (Lipinski definition) is 1. The van der Waals surface area contributed by atoms with Gasteiger partial charge in [0.25, 0.3) is 5.56 Å². The van der Waals surface area contributed by atoms with Gasteiger partial charge in [0, 0.05) is 18.7 Å². The summed E-state index contributed by atoms with van der Waals surface area (Å²) in [5.74, 6) is 0.935. The molecule has 2 aromatic heterocycles. The quantitative estimate of drug-likeness (QED) is 0.320. The molecule has 2 aromatic carbocycles. The van der Waals surface area contributed by atoms with Gasteiger partial charge in [-0.05, 0) is 65.6 Å². The van der Waals surface area contributed by atoms with E-state index < -0.39 is 0 Å². The van der Waals surface area contributed by atoms with Crippen LogP contribution in [0.1, 0.15) is 80.0 Å². The van der Waals surface area contributed by atoms with Crippen LogP contribution in [0.3, 0.4) is 0 Å². The lowest BCUT2D eigenvalue weighted by Gasteiger charge is -2.31. The van der Waals surface area contributed by atoms with Crippen LogP contribution in [0.4, 0.5) is 0 Å². The van der Waals surface area contributed by atoms with Crippen LogP contribution in [0.15, 0.2) is 59.4 Å². The van der Waals surface area contributed by atoms with Gasteiger partial charge in [-0.25, -0.2) is 4.68 Å². The van der Waals surface area contributed by atoms with Crippen LogP contribution < -0.4 is 5.56 Å². The highest BCUT2D eigenvalue weighted by Gasteiger charge is 2.30. The van der Waals surface area contributed by atoms with Gasteiger partial charge >= 0.3 is 0 Å². The van der Waals surface area contributed by atoms with Crippen molar-refractivity contribution in [1.29, 1.82) is 0 Å². The minimum atomic E-state index is -0.0212. The van der Waals surface area contributed by atoms with Crippen molar-refractivity contribution in [3.63, 3.8) is 0 Å². The predicted octanol–water partition coefficient (Wildman–Crippen LogP) is 5.52. The minimum Gasteiger partial charge on any atom is -0.321 e. The van der Waals surface area contributed by atoms with Crippen LogP contribution in [-0.2, 0) is 13.0 Å². The zero-order chi connectivity index (χ0) is 24.9. The smallest absolute Gasteiger partial charge is 0.252 e. The maximum absolute atomic E-state index is 13.2. The summed E-state index contributed by atoms with van der Waals surface area (Å²) in [6, 6.07) is 19.2. The number of aromatic nitrogens is 5. The number of aryl methyl sites for hydroxylation is 1. The number of rotatable bonds is 10. The molecule has 0 saturated heterocycles. The molecule has 1 aliphatic rings. The molecule has 5 rings (SSSR count). The number of benzene rings is 2. The molecule has 2 heterocycles. The first-order chi connectivity index (χ1) is 17.6. The Labute approximate surface area is 212 Å². The van der Waals surface area contributed by atoms with Crippen molar-refractivity contribution in [3.8, 4) is 0 Å². The predicted molar refractivity (Wildman–Crippen MR) is 143 cm³/mol. The molecule has 0 radical (unpaired) electrons. The van der Waals surface area contributed by atoms with E-state index in [1.54, 1.807) is 0 Å². The van der Waals surface area contributed by atoms with E-state index in [1.165, 1.54) is 18.4 Å². The number of fused-ring (bicyclic) bond motifs is 1. The van der Waals surface area contributed by atoms with E-state index in [1.807, 2.05) is 25.1 Å². The number of H-pyrrole nitrogens is 1. The van der Waals surface area contributed by atoms with E-state index in [9.17, 15) is 4.79 Å². The molecule has 1 aliphatic carbocycles. The Morgan fingerprint density at radius 3 is 2.69 bits per heavy atom. The van der Waals surface area contributed by atoms with E-state index in [4.69, 9.17) is 0 Å². The van der Waals surface area contributed by atoms with Gasteiger partial charge in [0.2, 0.25) is 0 Å². The highest BCUT2D eigenvalue weighted by atomic mass is 16.1. The van der Waals surface area contributed by atoms with Crippen molar-refractivity contribution >= 4 is 10.9 Å². The van der Waals surface area contributed by atoms with E-state index >= 15 is 0 Å². The number of hydrogen-bond acceptors (Lipinski definition) is 5. The van der Waals surface area contributed by atoms with Crippen molar-refractivity contribution in [1.82, 2.24) is 30.1 Å². The SMILES string of the molecule is CCC[C@@H](c1nnnn1C1CCCC1)N(CCc1ccccc1)Cc1cc2cccc(C)c2[nH]c1=O. The van der Waals surface area contributed by atoms with Crippen LogP contribution in [-0.4, -0.2) is 36.6 Å². The number of para-hydroxylation sites is 1. The van der Waals surface area contributed by atoms with Crippen LogP contribution in [0.25, 0.3) is 10.9 Å². The third-order valence-corrected chi connectivity index (χ3v) is 7.56. The fraction of sp³-hybridized carbons (Fsp3) is 0.448. The summed E-state index contributed by atoms with van der Waals surface area (Å²) in [7, 11) is 0. The van der Waals surface area contributed by atoms with Crippen LogP contribution in [0, 0.1) is 6.92 Å². The number of aromatic amines is 1. The van der Waals surface area contributed by atoms with Gasteiger partial charge in [-0.2, -0.15) is 0 Å². The summed E-state index contributed by atoms with van der Waals surface area (Å²) < 4.78 is 2.08. The molecule has 1 atom stereocenters. The molecule has 0 bridgehead atoms. The first kappa shape index (κ1) is 24.4. The first-order valence-corrected chi connectivity index (χ1v) is 13.3. The van der Waals surface area contributed by atoms with E-state index in [0.717, 1.165) is 66.5 Å². The molecule has 0 aliphatic heterocycles. The van der Waals surface area contributed by atoms with Gasteiger partial charge in [-0.3, -0.25) is 9.69 Å². The number of tetrazole rings is 1. The molecule has 1 N–H and O–H groups in total. The van der Waals surface area contributed by atoms with Crippen molar-refractivity contribution in [2.75, 3.05) is 6.54 Å². The van der Waals surface area contributed by atoms with Crippen molar-refractivity contribution in [2.24, 2.45) is 0 Å². The lowest BCUT2D eigenvalue weighted by molar-refractivity contribution is 0.163. The Kier molecular flexibility index (Phi) is 7.56. The first-order valence-electron chi connectivity index (χ1n) is 13.3. The molecule has 0 unspecified atom stereocenters. The molecular weight excluding hydrogens is 448 g/mol. The fourth-order valence-corrected chi connectivity index (χ4v) is 5.60. The number of nitrogens with zero attached hydrogens (tertiary/aromatic N) is 5. The van der Waals surface area contributed by atoms with Crippen molar-refractivity contribution in [3.05, 3.63) is 87.5 Å². The molecular formula is C29H36N6O.